The fourth-order valence-electron chi connectivity index (χ4n) is 4.54. The highest BCUT2D eigenvalue weighted by Crippen LogP contribution is 2.27. The Morgan fingerprint density at radius 1 is 1.03 bits per heavy atom. The minimum Gasteiger partial charge on any atom is -0.322 e. The number of H-pyrrole nitrogens is 1. The van der Waals surface area contributed by atoms with Gasteiger partial charge in [-0.2, -0.15) is 4.31 Å². The van der Waals surface area contributed by atoms with E-state index in [2.05, 4.69) is 23.7 Å². The van der Waals surface area contributed by atoms with Crippen LogP contribution in [0.1, 0.15) is 25.3 Å². The smallest absolute Gasteiger partial charge is 0.251 e. The van der Waals surface area contributed by atoms with Crippen LogP contribution in [0.25, 0.3) is 22.0 Å². The molecule has 1 fully saturated rings. The summed E-state index contributed by atoms with van der Waals surface area (Å²) >= 11 is 0. The Hall–Kier alpha value is -2.55. The zero-order chi connectivity index (χ0) is 23.8. The molecule has 33 heavy (non-hydrogen) atoms. The third-order valence-corrected chi connectivity index (χ3v) is 7.84. The first kappa shape index (κ1) is 23.6. The number of sulfonamides is 1. The van der Waals surface area contributed by atoms with Gasteiger partial charge in [-0.3, -0.25) is 4.79 Å². The van der Waals surface area contributed by atoms with E-state index >= 15 is 0 Å². The first-order valence-electron chi connectivity index (χ1n) is 11.2. The van der Waals surface area contributed by atoms with Crippen LogP contribution in [0.3, 0.4) is 0 Å². The molecule has 1 atom stereocenters. The number of pyridine rings is 1. The van der Waals surface area contributed by atoms with Crippen LogP contribution in [0, 0.1) is 11.7 Å². The summed E-state index contributed by atoms with van der Waals surface area (Å²) in [5.74, 6) is -0.0366. The number of aromatic nitrogens is 1. The van der Waals surface area contributed by atoms with Crippen molar-refractivity contribution in [2.24, 2.45) is 5.92 Å². The van der Waals surface area contributed by atoms with E-state index in [1.54, 1.807) is 12.1 Å². The van der Waals surface area contributed by atoms with Crippen molar-refractivity contribution in [3.63, 3.8) is 0 Å². The van der Waals surface area contributed by atoms with Gasteiger partial charge in [0.25, 0.3) is 5.56 Å². The van der Waals surface area contributed by atoms with E-state index in [1.807, 2.05) is 30.3 Å². The zero-order valence-corrected chi connectivity index (χ0v) is 20.0. The summed E-state index contributed by atoms with van der Waals surface area (Å²) in [6.07, 6.45) is 1.24. The van der Waals surface area contributed by atoms with E-state index in [9.17, 15) is 17.6 Å². The number of nitrogens with zero attached hydrogens (tertiary/aromatic N) is 2. The van der Waals surface area contributed by atoms with Crippen molar-refractivity contribution in [3.8, 4) is 11.3 Å². The predicted octanol–water partition coefficient (Wildman–Crippen LogP) is 3.65. The second kappa shape index (κ2) is 9.37. The molecule has 1 unspecified atom stereocenters. The largest absolute Gasteiger partial charge is 0.322 e. The first-order valence-corrected chi connectivity index (χ1v) is 13.1. The van der Waals surface area contributed by atoms with Gasteiger partial charge in [0, 0.05) is 55.3 Å². The first-order chi connectivity index (χ1) is 15.6. The summed E-state index contributed by atoms with van der Waals surface area (Å²) in [7, 11) is -3.17. The lowest BCUT2D eigenvalue weighted by atomic mass is 9.88. The highest BCUT2D eigenvalue weighted by Gasteiger charge is 2.27. The van der Waals surface area contributed by atoms with Crippen LogP contribution in [0.2, 0.25) is 0 Å². The third-order valence-electron chi connectivity index (χ3n) is 6.54. The lowest BCUT2D eigenvalue weighted by Gasteiger charge is -2.36. The maximum absolute atomic E-state index is 14.2. The molecule has 0 spiro atoms. The van der Waals surface area contributed by atoms with E-state index in [4.69, 9.17) is 0 Å². The minimum absolute atomic E-state index is 0.0154. The molecular formula is C25H30FN3O3S. The molecule has 6 nitrogen and oxygen atoms in total. The van der Waals surface area contributed by atoms with E-state index in [0.29, 0.717) is 49.4 Å². The number of hydrogen-bond donors (Lipinski definition) is 1. The zero-order valence-electron chi connectivity index (χ0n) is 19.2. The van der Waals surface area contributed by atoms with E-state index in [1.165, 1.54) is 16.6 Å². The van der Waals surface area contributed by atoms with Crippen LogP contribution in [-0.4, -0.2) is 61.6 Å². The molecule has 0 bridgehead atoms. The molecule has 3 aromatic rings. The van der Waals surface area contributed by atoms with Crippen LogP contribution in [-0.2, 0) is 10.0 Å². The molecule has 0 aliphatic carbocycles. The van der Waals surface area contributed by atoms with Crippen molar-refractivity contribution in [1.29, 1.82) is 0 Å². The number of hydrogen-bond acceptors (Lipinski definition) is 4. The van der Waals surface area contributed by atoms with Crippen molar-refractivity contribution >= 4 is 20.8 Å². The number of benzene rings is 2. The van der Waals surface area contributed by atoms with Crippen LogP contribution in [0.5, 0.6) is 0 Å². The number of fused-ring (bicyclic) bond motifs is 1. The quantitative estimate of drug-likeness (QED) is 0.596. The van der Waals surface area contributed by atoms with E-state index < -0.39 is 10.0 Å². The molecule has 0 amide bonds. The number of rotatable bonds is 6. The SMILES string of the molecule is CC(C)C(CN1CCN(S(C)(=O)=O)CC1)c1ccc(-c2ccc3cccc(F)c3c2)[nH]c1=O. The molecule has 2 heterocycles. The number of aromatic amines is 1. The average Bonchev–Trinajstić information content (AvgIpc) is 2.77. The number of nitrogens with one attached hydrogen (secondary N) is 1. The van der Waals surface area contributed by atoms with Gasteiger partial charge in [0.15, 0.2) is 0 Å². The lowest BCUT2D eigenvalue weighted by Crippen LogP contribution is -2.49. The summed E-state index contributed by atoms with van der Waals surface area (Å²) in [6.45, 7) is 7.12. The number of halogens is 1. The Morgan fingerprint density at radius 3 is 2.39 bits per heavy atom. The van der Waals surface area contributed by atoms with Crippen molar-refractivity contribution in [2.75, 3.05) is 39.0 Å². The summed E-state index contributed by atoms with van der Waals surface area (Å²) in [5.41, 5.74) is 1.98. The predicted molar refractivity (Wildman–Crippen MR) is 130 cm³/mol. The van der Waals surface area contributed by atoms with Gasteiger partial charge >= 0.3 is 0 Å². The summed E-state index contributed by atoms with van der Waals surface area (Å²) < 4.78 is 39.3. The van der Waals surface area contributed by atoms with Gasteiger partial charge in [0.1, 0.15) is 5.82 Å². The van der Waals surface area contributed by atoms with Crippen LogP contribution < -0.4 is 5.56 Å². The Bertz CT molecular complexity index is 1310. The Kier molecular flexibility index (Phi) is 6.70. The summed E-state index contributed by atoms with van der Waals surface area (Å²) in [6, 6.07) is 14.2. The molecule has 0 saturated carbocycles. The van der Waals surface area contributed by atoms with Gasteiger partial charge in [0.05, 0.1) is 6.26 Å². The van der Waals surface area contributed by atoms with Crippen molar-refractivity contribution in [3.05, 3.63) is 70.3 Å². The van der Waals surface area contributed by atoms with Crippen LogP contribution in [0.4, 0.5) is 4.39 Å². The second-order valence-corrected chi connectivity index (χ2v) is 11.1. The molecule has 1 aliphatic rings. The van der Waals surface area contributed by atoms with Gasteiger partial charge in [-0.15, -0.1) is 0 Å². The Morgan fingerprint density at radius 2 is 1.76 bits per heavy atom. The normalized spacial score (nSPS) is 17.0. The highest BCUT2D eigenvalue weighted by atomic mass is 32.2. The molecule has 0 radical (unpaired) electrons. The Labute approximate surface area is 194 Å². The number of piperazine rings is 1. The fourth-order valence-corrected chi connectivity index (χ4v) is 5.36. The molecule has 176 valence electrons. The fraction of sp³-hybridized carbons (Fsp3) is 0.400. The molecule has 1 N–H and O–H groups in total. The Balaban J connectivity index is 1.56. The molecule has 1 aliphatic heterocycles. The molecular weight excluding hydrogens is 441 g/mol. The van der Waals surface area contributed by atoms with Gasteiger partial charge in [-0.1, -0.05) is 44.2 Å². The monoisotopic (exact) mass is 471 g/mol. The lowest BCUT2D eigenvalue weighted by molar-refractivity contribution is 0.170. The average molecular weight is 472 g/mol. The maximum atomic E-state index is 14.2. The summed E-state index contributed by atoms with van der Waals surface area (Å²) in [5, 5.41) is 1.33. The van der Waals surface area contributed by atoms with Crippen LogP contribution >= 0.6 is 0 Å². The molecule has 1 aromatic heterocycles. The maximum Gasteiger partial charge on any atom is 0.251 e. The van der Waals surface area contributed by atoms with E-state index in [0.717, 1.165) is 10.9 Å². The molecule has 4 rings (SSSR count). The topological polar surface area (TPSA) is 73.5 Å². The van der Waals surface area contributed by atoms with E-state index in [-0.39, 0.29) is 23.2 Å². The highest BCUT2D eigenvalue weighted by molar-refractivity contribution is 7.88. The van der Waals surface area contributed by atoms with Crippen molar-refractivity contribution < 1.29 is 12.8 Å². The standard InChI is InChI=1S/C25H30FN3O3S/c1-17(2)22(16-28-11-13-29(14-12-28)33(3,31)32)20-9-10-24(27-25(20)30)19-8-7-18-5-4-6-23(26)21(18)15-19/h4-10,15,17,22H,11-14,16H2,1-3H3,(H,27,30). The molecule has 1 saturated heterocycles. The van der Waals surface area contributed by atoms with Crippen molar-refractivity contribution in [1.82, 2.24) is 14.2 Å². The van der Waals surface area contributed by atoms with Gasteiger partial charge < -0.3 is 9.88 Å². The van der Waals surface area contributed by atoms with Gasteiger partial charge in [0.2, 0.25) is 10.0 Å². The van der Waals surface area contributed by atoms with Crippen molar-refractivity contribution in [2.45, 2.75) is 19.8 Å². The van der Waals surface area contributed by atoms with Gasteiger partial charge in [-0.05, 0) is 35.1 Å². The summed E-state index contributed by atoms with van der Waals surface area (Å²) in [4.78, 5) is 18.3. The molecule has 8 heteroatoms. The minimum atomic E-state index is -3.17. The second-order valence-electron chi connectivity index (χ2n) is 9.15. The van der Waals surface area contributed by atoms with Gasteiger partial charge in [-0.25, -0.2) is 12.8 Å². The third kappa shape index (κ3) is 5.18. The molecule has 2 aromatic carbocycles. The van der Waals surface area contributed by atoms with Crippen LogP contribution in [0.15, 0.2) is 53.3 Å².